The molecule has 0 atom stereocenters. The molecule has 0 unspecified atom stereocenters. The van der Waals surface area contributed by atoms with Crippen molar-refractivity contribution in [2.45, 2.75) is 0 Å². The lowest BCUT2D eigenvalue weighted by molar-refractivity contribution is 0.0985. The molecule has 0 saturated carbocycles. The summed E-state index contributed by atoms with van der Waals surface area (Å²) in [6, 6.07) is 19.6. The summed E-state index contributed by atoms with van der Waals surface area (Å²) in [4.78, 5) is 21.9. The monoisotopic (exact) mass is 445 g/mol. The Balaban J connectivity index is 0.00000240. The van der Waals surface area contributed by atoms with Gasteiger partial charge in [0.1, 0.15) is 5.52 Å². The van der Waals surface area contributed by atoms with E-state index in [4.69, 9.17) is 11.6 Å². The van der Waals surface area contributed by atoms with Crippen molar-refractivity contribution in [1.29, 1.82) is 0 Å². The number of hydrogen-bond acceptors (Lipinski definition) is 4. The van der Waals surface area contributed by atoms with Gasteiger partial charge in [-0.05, 0) is 49.1 Å². The quantitative estimate of drug-likeness (QED) is 0.393. The van der Waals surface area contributed by atoms with E-state index in [1.807, 2.05) is 74.8 Å². The molecule has 4 rings (SSSR count). The lowest BCUT2D eigenvalue weighted by atomic mass is 10.1. The molecule has 0 aliphatic heterocycles. The van der Waals surface area contributed by atoms with Crippen LogP contribution in [0.4, 0.5) is 5.13 Å². The van der Waals surface area contributed by atoms with E-state index in [-0.39, 0.29) is 18.3 Å². The molecule has 29 heavy (non-hydrogen) atoms. The summed E-state index contributed by atoms with van der Waals surface area (Å²) in [7, 11) is 3.99. The minimum Gasteiger partial charge on any atom is -0.308 e. The Morgan fingerprint density at radius 3 is 2.48 bits per heavy atom. The largest absolute Gasteiger partial charge is 0.308 e. The summed E-state index contributed by atoms with van der Waals surface area (Å²) in [5.41, 5.74) is 1.40. The van der Waals surface area contributed by atoms with Gasteiger partial charge in [0, 0.05) is 18.7 Å². The van der Waals surface area contributed by atoms with Crippen LogP contribution in [-0.2, 0) is 0 Å². The average molecular weight is 446 g/mol. The van der Waals surface area contributed by atoms with E-state index >= 15 is 0 Å². The lowest BCUT2D eigenvalue weighted by Gasteiger charge is -2.22. The zero-order valence-electron chi connectivity index (χ0n) is 16.1. The number of nitrogens with zero attached hydrogens (tertiary/aromatic N) is 3. The van der Waals surface area contributed by atoms with Crippen LogP contribution in [0.5, 0.6) is 0 Å². The molecule has 3 aromatic carbocycles. The molecular weight excluding hydrogens is 425 g/mol. The van der Waals surface area contributed by atoms with Crippen LogP contribution in [0.2, 0.25) is 5.02 Å². The Bertz CT molecular complexity index is 1160. The molecule has 0 radical (unpaired) electrons. The number of aromatic nitrogens is 1. The molecular formula is C22H21Cl2N3OS. The van der Waals surface area contributed by atoms with Gasteiger partial charge in [-0.25, -0.2) is 4.98 Å². The number of rotatable bonds is 5. The standard InChI is InChI=1S/C22H20ClN3OS.ClH/c1-25(2)12-13-26(22-24-20-18(23)8-5-9-19(20)28-22)21(27)17-11-10-15-6-3-4-7-16(15)14-17;/h3-11,14H,12-13H2,1-2H3;1H. The van der Waals surface area contributed by atoms with Crippen molar-refractivity contribution in [3.63, 3.8) is 0 Å². The van der Waals surface area contributed by atoms with Crippen LogP contribution in [0.1, 0.15) is 10.4 Å². The van der Waals surface area contributed by atoms with E-state index in [1.165, 1.54) is 11.3 Å². The van der Waals surface area contributed by atoms with Gasteiger partial charge >= 0.3 is 0 Å². The summed E-state index contributed by atoms with van der Waals surface area (Å²) in [6.45, 7) is 1.29. The number of carbonyl (C=O) groups excluding carboxylic acids is 1. The predicted molar refractivity (Wildman–Crippen MR) is 126 cm³/mol. The highest BCUT2D eigenvalue weighted by Crippen LogP contribution is 2.33. The maximum absolute atomic E-state index is 13.4. The molecule has 1 aromatic heterocycles. The van der Waals surface area contributed by atoms with Gasteiger partial charge in [0.05, 0.1) is 9.72 Å². The predicted octanol–water partition coefficient (Wildman–Crippen LogP) is 5.73. The van der Waals surface area contributed by atoms with E-state index in [0.29, 0.717) is 22.3 Å². The summed E-state index contributed by atoms with van der Waals surface area (Å²) < 4.78 is 0.976. The van der Waals surface area contributed by atoms with Crippen molar-refractivity contribution in [3.8, 4) is 0 Å². The fourth-order valence-corrected chi connectivity index (χ4v) is 4.37. The van der Waals surface area contributed by atoms with Gasteiger partial charge in [0.15, 0.2) is 5.13 Å². The van der Waals surface area contributed by atoms with Gasteiger partial charge in [0.25, 0.3) is 5.91 Å². The number of benzene rings is 3. The summed E-state index contributed by atoms with van der Waals surface area (Å²) in [6.07, 6.45) is 0. The molecule has 150 valence electrons. The first-order chi connectivity index (χ1) is 13.5. The number of thiazole rings is 1. The molecule has 0 N–H and O–H groups in total. The molecule has 0 aliphatic carbocycles. The second-order valence-electron chi connectivity index (χ2n) is 6.91. The Morgan fingerprint density at radius 1 is 1.00 bits per heavy atom. The second kappa shape index (κ2) is 9.09. The number of hydrogen-bond donors (Lipinski definition) is 0. The van der Waals surface area contributed by atoms with Crippen molar-refractivity contribution in [1.82, 2.24) is 9.88 Å². The van der Waals surface area contributed by atoms with Crippen LogP contribution in [0.15, 0.2) is 60.7 Å². The van der Waals surface area contributed by atoms with Crippen LogP contribution in [0.3, 0.4) is 0 Å². The third-order valence-electron chi connectivity index (χ3n) is 4.60. The molecule has 0 fully saturated rings. The van der Waals surface area contributed by atoms with Crippen molar-refractivity contribution >= 4 is 67.4 Å². The number of anilines is 1. The normalized spacial score (nSPS) is 11.0. The van der Waals surface area contributed by atoms with Gasteiger partial charge in [-0.1, -0.05) is 59.3 Å². The van der Waals surface area contributed by atoms with Gasteiger partial charge < -0.3 is 4.90 Å². The molecule has 7 heteroatoms. The first-order valence-corrected chi connectivity index (χ1v) is 10.2. The maximum Gasteiger partial charge on any atom is 0.260 e. The number of fused-ring (bicyclic) bond motifs is 2. The van der Waals surface area contributed by atoms with E-state index in [0.717, 1.165) is 27.5 Å². The van der Waals surface area contributed by atoms with Gasteiger partial charge in [-0.15, -0.1) is 12.4 Å². The van der Waals surface area contributed by atoms with Crippen LogP contribution < -0.4 is 4.90 Å². The molecule has 0 aliphatic rings. The smallest absolute Gasteiger partial charge is 0.260 e. The molecule has 0 bridgehead atoms. The van der Waals surface area contributed by atoms with E-state index in [1.54, 1.807) is 4.90 Å². The Hall–Kier alpha value is -2.18. The van der Waals surface area contributed by atoms with Crippen molar-refractivity contribution < 1.29 is 4.79 Å². The highest BCUT2D eigenvalue weighted by molar-refractivity contribution is 7.22. The first-order valence-electron chi connectivity index (χ1n) is 9.03. The number of para-hydroxylation sites is 1. The van der Waals surface area contributed by atoms with Crippen molar-refractivity contribution in [2.75, 3.05) is 32.1 Å². The number of likely N-dealkylation sites (N-methyl/N-ethyl adjacent to an activating group) is 1. The van der Waals surface area contributed by atoms with Crippen molar-refractivity contribution in [2.24, 2.45) is 0 Å². The zero-order valence-corrected chi connectivity index (χ0v) is 18.5. The van der Waals surface area contributed by atoms with Gasteiger partial charge in [-0.2, -0.15) is 0 Å². The Labute approximate surface area is 185 Å². The fraction of sp³-hybridized carbons (Fsp3) is 0.182. The minimum absolute atomic E-state index is 0. The molecule has 4 aromatic rings. The summed E-state index contributed by atoms with van der Waals surface area (Å²) in [5, 5.41) is 3.44. The third kappa shape index (κ3) is 4.54. The number of amides is 1. The second-order valence-corrected chi connectivity index (χ2v) is 8.32. The summed E-state index contributed by atoms with van der Waals surface area (Å²) in [5.74, 6) is -0.0530. The average Bonchev–Trinajstić information content (AvgIpc) is 3.12. The third-order valence-corrected chi connectivity index (χ3v) is 5.95. The SMILES string of the molecule is CN(C)CCN(C(=O)c1ccc2ccccc2c1)c1nc2c(Cl)cccc2s1.Cl. The molecule has 0 saturated heterocycles. The minimum atomic E-state index is -0.0530. The topological polar surface area (TPSA) is 36.4 Å². The number of carbonyl (C=O) groups is 1. The maximum atomic E-state index is 13.4. The van der Waals surface area contributed by atoms with Crippen LogP contribution >= 0.6 is 35.3 Å². The molecule has 4 nitrogen and oxygen atoms in total. The zero-order chi connectivity index (χ0) is 19.7. The van der Waals surface area contributed by atoms with Gasteiger partial charge in [0.2, 0.25) is 0 Å². The lowest BCUT2D eigenvalue weighted by Crippen LogP contribution is -2.36. The van der Waals surface area contributed by atoms with Crippen LogP contribution in [-0.4, -0.2) is 43.0 Å². The molecule has 1 heterocycles. The Morgan fingerprint density at radius 2 is 1.76 bits per heavy atom. The molecule has 0 spiro atoms. The number of halogens is 2. The first kappa shape index (κ1) is 21.5. The van der Waals surface area contributed by atoms with E-state index in [9.17, 15) is 4.79 Å². The highest BCUT2D eigenvalue weighted by Gasteiger charge is 2.22. The molecule has 1 amide bonds. The summed E-state index contributed by atoms with van der Waals surface area (Å²) >= 11 is 7.79. The van der Waals surface area contributed by atoms with Crippen LogP contribution in [0, 0.1) is 0 Å². The van der Waals surface area contributed by atoms with E-state index < -0.39 is 0 Å². The Kier molecular flexibility index (Phi) is 6.75. The fourth-order valence-electron chi connectivity index (χ4n) is 3.08. The van der Waals surface area contributed by atoms with Crippen molar-refractivity contribution in [3.05, 3.63) is 71.2 Å². The van der Waals surface area contributed by atoms with Gasteiger partial charge in [-0.3, -0.25) is 9.69 Å². The van der Waals surface area contributed by atoms with Crippen LogP contribution in [0.25, 0.3) is 21.0 Å². The highest BCUT2D eigenvalue weighted by atomic mass is 35.5. The van der Waals surface area contributed by atoms with E-state index in [2.05, 4.69) is 9.88 Å².